The number of nitrogens with zero attached hydrogens (tertiary/aromatic N) is 2. The zero-order valence-corrected chi connectivity index (χ0v) is 18.6. The van der Waals surface area contributed by atoms with E-state index in [1.807, 2.05) is 26.0 Å². The van der Waals surface area contributed by atoms with Crippen molar-refractivity contribution >= 4 is 35.9 Å². The van der Waals surface area contributed by atoms with Crippen molar-refractivity contribution in [3.05, 3.63) is 23.8 Å². The van der Waals surface area contributed by atoms with E-state index in [2.05, 4.69) is 15.2 Å². The summed E-state index contributed by atoms with van der Waals surface area (Å²) >= 11 is 0. The van der Waals surface area contributed by atoms with Gasteiger partial charge in [-0.3, -0.25) is 4.79 Å². The van der Waals surface area contributed by atoms with E-state index in [1.54, 1.807) is 6.07 Å². The molecule has 0 aromatic heterocycles. The molecule has 7 nitrogen and oxygen atoms in total. The third-order valence-corrected chi connectivity index (χ3v) is 4.38. The molecule has 1 aromatic carbocycles. The largest absolute Gasteiger partial charge is 0.504 e. The number of rotatable bonds is 6. The van der Waals surface area contributed by atoms with Gasteiger partial charge in [-0.25, -0.2) is 4.99 Å². The molecule has 1 unspecified atom stereocenters. The van der Waals surface area contributed by atoms with Gasteiger partial charge >= 0.3 is 5.97 Å². The Morgan fingerprint density at radius 1 is 1.41 bits per heavy atom. The summed E-state index contributed by atoms with van der Waals surface area (Å²) in [6.45, 7) is 6.71. The maximum absolute atomic E-state index is 12.1. The molecule has 2 rings (SSSR count). The normalized spacial score (nSPS) is 17.1. The summed E-state index contributed by atoms with van der Waals surface area (Å²) in [6.07, 6.45) is 1.75. The van der Waals surface area contributed by atoms with Crippen LogP contribution in [0.15, 0.2) is 23.2 Å². The average molecular weight is 491 g/mol. The van der Waals surface area contributed by atoms with Crippen LogP contribution in [0.3, 0.4) is 0 Å². The van der Waals surface area contributed by atoms with Gasteiger partial charge in [-0.2, -0.15) is 0 Å². The summed E-state index contributed by atoms with van der Waals surface area (Å²) < 4.78 is 10.3. The smallest absolute Gasteiger partial charge is 0.310 e. The molecule has 0 saturated carbocycles. The zero-order chi connectivity index (χ0) is 18.9. The van der Waals surface area contributed by atoms with E-state index in [0.29, 0.717) is 31.0 Å². The van der Waals surface area contributed by atoms with Crippen LogP contribution in [0.25, 0.3) is 0 Å². The number of phenolic OH excluding ortho intramolecular Hbond substituents is 1. The van der Waals surface area contributed by atoms with Crippen LogP contribution in [0.2, 0.25) is 0 Å². The molecule has 1 fully saturated rings. The lowest BCUT2D eigenvalue weighted by atomic mass is 9.98. The van der Waals surface area contributed by atoms with E-state index in [1.165, 1.54) is 7.11 Å². The molecule has 0 spiro atoms. The standard InChI is InChI=1S/C19H29N3O4.HI/c1-4-20-19(21-12-14-8-6-10-16(25-3)17(14)23)22-11-7-9-15(13-22)18(24)26-5-2;/h6,8,10,15,23H,4-5,7,9,11-13H2,1-3H3,(H,20,21);1H. The number of hydrogen-bond donors (Lipinski definition) is 2. The third kappa shape index (κ3) is 6.44. The topological polar surface area (TPSA) is 83.4 Å². The van der Waals surface area contributed by atoms with Crippen LogP contribution in [-0.2, 0) is 16.1 Å². The van der Waals surface area contributed by atoms with E-state index >= 15 is 0 Å². The van der Waals surface area contributed by atoms with Gasteiger partial charge in [-0.05, 0) is 32.8 Å². The summed E-state index contributed by atoms with van der Waals surface area (Å²) in [6, 6.07) is 5.36. The summed E-state index contributed by atoms with van der Waals surface area (Å²) in [4.78, 5) is 18.8. The number of phenols is 1. The highest BCUT2D eigenvalue weighted by atomic mass is 127. The molecule has 1 aliphatic rings. The van der Waals surface area contributed by atoms with Gasteiger partial charge < -0.3 is 24.8 Å². The maximum atomic E-state index is 12.1. The number of esters is 1. The first-order valence-electron chi connectivity index (χ1n) is 9.15. The minimum Gasteiger partial charge on any atom is -0.504 e. The molecule has 0 radical (unpaired) electrons. The Morgan fingerprint density at radius 2 is 2.19 bits per heavy atom. The van der Waals surface area contributed by atoms with Crippen LogP contribution in [0.5, 0.6) is 11.5 Å². The van der Waals surface area contributed by atoms with Crippen LogP contribution >= 0.6 is 24.0 Å². The Morgan fingerprint density at radius 3 is 2.85 bits per heavy atom. The maximum Gasteiger partial charge on any atom is 0.310 e. The average Bonchev–Trinajstić information content (AvgIpc) is 2.66. The molecular formula is C19H30IN3O4. The minimum absolute atomic E-state index is 0. The fraction of sp³-hybridized carbons (Fsp3) is 0.579. The molecule has 1 aliphatic heterocycles. The summed E-state index contributed by atoms with van der Waals surface area (Å²) in [5, 5.41) is 13.5. The number of guanidine groups is 1. The summed E-state index contributed by atoms with van der Waals surface area (Å²) in [5.74, 6) is 1.01. The summed E-state index contributed by atoms with van der Waals surface area (Å²) in [7, 11) is 1.52. The van der Waals surface area contributed by atoms with Gasteiger partial charge in [0, 0.05) is 25.2 Å². The van der Waals surface area contributed by atoms with Crippen molar-refractivity contribution in [3.8, 4) is 11.5 Å². The molecular weight excluding hydrogens is 461 g/mol. The first-order valence-corrected chi connectivity index (χ1v) is 9.15. The van der Waals surface area contributed by atoms with E-state index in [9.17, 15) is 9.90 Å². The highest BCUT2D eigenvalue weighted by Gasteiger charge is 2.28. The van der Waals surface area contributed by atoms with Crippen LogP contribution < -0.4 is 10.1 Å². The lowest BCUT2D eigenvalue weighted by Gasteiger charge is -2.34. The summed E-state index contributed by atoms with van der Waals surface area (Å²) in [5.41, 5.74) is 0.693. The number of aliphatic imine (C=N–C) groups is 1. The number of aromatic hydroxyl groups is 1. The van der Waals surface area contributed by atoms with Crippen LogP contribution in [0.1, 0.15) is 32.3 Å². The Bertz CT molecular complexity index is 639. The SMILES string of the molecule is CCNC(=NCc1cccc(OC)c1O)N1CCCC(C(=O)OCC)C1.I. The molecule has 27 heavy (non-hydrogen) atoms. The van der Waals surface area contributed by atoms with Crippen molar-refractivity contribution in [1.29, 1.82) is 0 Å². The number of likely N-dealkylation sites (tertiary alicyclic amines) is 1. The number of para-hydroxylation sites is 1. The number of hydrogen-bond acceptors (Lipinski definition) is 5. The molecule has 1 aromatic rings. The highest BCUT2D eigenvalue weighted by molar-refractivity contribution is 14.0. The Hall–Kier alpha value is -1.71. The molecule has 0 amide bonds. The number of carbonyl (C=O) groups excluding carboxylic acids is 1. The van der Waals surface area contributed by atoms with E-state index in [0.717, 1.165) is 31.9 Å². The molecule has 1 saturated heterocycles. The first kappa shape index (κ1) is 23.3. The third-order valence-electron chi connectivity index (χ3n) is 4.38. The van der Waals surface area contributed by atoms with Gasteiger partial charge in [-0.15, -0.1) is 24.0 Å². The molecule has 2 N–H and O–H groups in total. The molecule has 1 heterocycles. The fourth-order valence-electron chi connectivity index (χ4n) is 3.07. The molecule has 0 aliphatic carbocycles. The van der Waals surface area contributed by atoms with Crippen molar-refractivity contribution in [3.63, 3.8) is 0 Å². The Labute approximate surface area is 178 Å². The van der Waals surface area contributed by atoms with Crippen LogP contribution in [-0.4, -0.2) is 55.3 Å². The van der Waals surface area contributed by atoms with E-state index in [-0.39, 0.29) is 41.6 Å². The van der Waals surface area contributed by atoms with Gasteiger partial charge in [0.2, 0.25) is 0 Å². The van der Waals surface area contributed by atoms with Gasteiger partial charge in [0.25, 0.3) is 0 Å². The van der Waals surface area contributed by atoms with E-state index in [4.69, 9.17) is 9.47 Å². The number of halogens is 1. The van der Waals surface area contributed by atoms with Crippen LogP contribution in [0, 0.1) is 5.92 Å². The van der Waals surface area contributed by atoms with Gasteiger partial charge in [0.1, 0.15) is 0 Å². The number of carbonyl (C=O) groups is 1. The van der Waals surface area contributed by atoms with Gasteiger partial charge in [-0.1, -0.05) is 12.1 Å². The first-order chi connectivity index (χ1) is 12.6. The lowest BCUT2D eigenvalue weighted by Crippen LogP contribution is -2.48. The highest BCUT2D eigenvalue weighted by Crippen LogP contribution is 2.29. The number of ether oxygens (including phenoxy) is 2. The minimum atomic E-state index is -0.140. The van der Waals surface area contributed by atoms with Crippen LogP contribution in [0.4, 0.5) is 0 Å². The monoisotopic (exact) mass is 491 g/mol. The van der Waals surface area contributed by atoms with Crippen molar-refractivity contribution in [1.82, 2.24) is 10.2 Å². The number of nitrogens with one attached hydrogen (secondary N) is 1. The lowest BCUT2D eigenvalue weighted by molar-refractivity contribution is -0.149. The van der Waals surface area contributed by atoms with Crippen molar-refractivity contribution in [2.75, 3.05) is 33.4 Å². The Balaban J connectivity index is 0.00000364. The predicted molar refractivity (Wildman–Crippen MR) is 116 cm³/mol. The van der Waals surface area contributed by atoms with E-state index < -0.39 is 0 Å². The molecule has 0 bridgehead atoms. The second kappa shape index (κ2) is 11.9. The number of piperidine rings is 1. The van der Waals surface area contributed by atoms with Gasteiger partial charge in [0.05, 0.1) is 26.2 Å². The fourth-order valence-corrected chi connectivity index (χ4v) is 3.07. The van der Waals surface area contributed by atoms with Crippen molar-refractivity contribution < 1.29 is 19.4 Å². The number of benzene rings is 1. The van der Waals surface area contributed by atoms with Crippen molar-refractivity contribution in [2.24, 2.45) is 10.9 Å². The second-order valence-electron chi connectivity index (χ2n) is 6.18. The second-order valence-corrected chi connectivity index (χ2v) is 6.18. The zero-order valence-electron chi connectivity index (χ0n) is 16.2. The molecule has 1 atom stereocenters. The predicted octanol–water partition coefficient (Wildman–Crippen LogP) is 2.76. The molecule has 152 valence electrons. The quantitative estimate of drug-likeness (QED) is 0.276. The molecule has 8 heteroatoms. The Kier molecular flexibility index (Phi) is 10.3. The number of methoxy groups -OCH3 is 1. The van der Waals surface area contributed by atoms with Gasteiger partial charge in [0.15, 0.2) is 17.5 Å². The van der Waals surface area contributed by atoms with Crippen molar-refractivity contribution in [2.45, 2.75) is 33.2 Å².